The van der Waals surface area contributed by atoms with E-state index in [0.29, 0.717) is 6.92 Å². The van der Waals surface area contributed by atoms with Gasteiger partial charge in [0, 0.05) is 6.92 Å². The van der Waals surface area contributed by atoms with Crippen molar-refractivity contribution in [3.8, 4) is 0 Å². The van der Waals surface area contributed by atoms with Crippen molar-refractivity contribution >= 4 is 5.97 Å². The van der Waals surface area contributed by atoms with Gasteiger partial charge in [-0.1, -0.05) is 0 Å². The number of hydrogen-bond acceptors (Lipinski definition) is 3. The number of aryl methyl sites for hydroxylation is 1. The third-order valence-corrected chi connectivity index (χ3v) is 1.54. The van der Waals surface area contributed by atoms with Gasteiger partial charge in [-0.2, -0.15) is 8.78 Å². The molecule has 0 bridgehead atoms. The standard InChI is InChI=1S/C8H9F2NO3/c1-4-7(8(2,9)10)14-5(11-4)3-6(12)13/h3H2,1-2H3,(H,12,13). The summed E-state index contributed by atoms with van der Waals surface area (Å²) in [5.74, 6) is -5.08. The van der Waals surface area contributed by atoms with Crippen molar-refractivity contribution in [3.63, 3.8) is 0 Å². The first kappa shape index (κ1) is 10.6. The second kappa shape index (κ2) is 3.36. The molecule has 0 atom stereocenters. The van der Waals surface area contributed by atoms with Crippen LogP contribution in [0.15, 0.2) is 4.42 Å². The normalized spacial score (nSPS) is 11.7. The molecule has 0 unspecified atom stereocenters. The zero-order valence-corrected chi connectivity index (χ0v) is 7.67. The van der Waals surface area contributed by atoms with Gasteiger partial charge in [0.1, 0.15) is 6.42 Å². The third kappa shape index (κ3) is 2.27. The van der Waals surface area contributed by atoms with E-state index >= 15 is 0 Å². The Labute approximate surface area is 78.6 Å². The van der Waals surface area contributed by atoms with Crippen molar-refractivity contribution in [2.45, 2.75) is 26.2 Å². The van der Waals surface area contributed by atoms with Gasteiger partial charge in [-0.25, -0.2) is 4.98 Å². The van der Waals surface area contributed by atoms with Crippen LogP contribution in [0.25, 0.3) is 0 Å². The lowest BCUT2D eigenvalue weighted by atomic mass is 10.2. The number of nitrogens with zero attached hydrogens (tertiary/aromatic N) is 1. The first-order chi connectivity index (χ1) is 6.30. The molecule has 0 spiro atoms. The number of aliphatic carboxylic acids is 1. The van der Waals surface area contributed by atoms with E-state index in [1.165, 1.54) is 6.92 Å². The molecule has 1 heterocycles. The highest BCUT2D eigenvalue weighted by Gasteiger charge is 2.32. The largest absolute Gasteiger partial charge is 0.481 e. The van der Waals surface area contributed by atoms with Crippen molar-refractivity contribution in [2.75, 3.05) is 0 Å². The number of carboxylic acid groups (broad SMARTS) is 1. The van der Waals surface area contributed by atoms with Crippen molar-refractivity contribution in [1.29, 1.82) is 0 Å². The molecule has 1 rings (SSSR count). The van der Waals surface area contributed by atoms with Crippen molar-refractivity contribution in [2.24, 2.45) is 0 Å². The van der Waals surface area contributed by atoms with E-state index in [2.05, 4.69) is 9.40 Å². The van der Waals surface area contributed by atoms with Gasteiger partial charge in [0.25, 0.3) is 0 Å². The lowest BCUT2D eigenvalue weighted by molar-refractivity contribution is -0.136. The minimum atomic E-state index is -3.13. The topological polar surface area (TPSA) is 63.3 Å². The Morgan fingerprint density at radius 2 is 2.21 bits per heavy atom. The summed E-state index contributed by atoms with van der Waals surface area (Å²) >= 11 is 0. The van der Waals surface area contributed by atoms with E-state index < -0.39 is 24.1 Å². The van der Waals surface area contributed by atoms with Crippen LogP contribution in [0.2, 0.25) is 0 Å². The molecule has 1 N–H and O–H groups in total. The third-order valence-electron chi connectivity index (χ3n) is 1.54. The quantitative estimate of drug-likeness (QED) is 0.815. The van der Waals surface area contributed by atoms with Crippen LogP contribution in [0, 0.1) is 6.92 Å². The van der Waals surface area contributed by atoms with E-state index in [4.69, 9.17) is 5.11 Å². The van der Waals surface area contributed by atoms with Crippen LogP contribution in [0.5, 0.6) is 0 Å². The number of hydrogen-bond donors (Lipinski definition) is 1. The SMILES string of the molecule is Cc1nc(CC(=O)O)oc1C(C)(F)F. The predicted molar refractivity (Wildman–Crippen MR) is 42.1 cm³/mol. The zero-order chi connectivity index (χ0) is 10.9. The number of alkyl halides is 2. The Balaban J connectivity index is 2.99. The summed E-state index contributed by atoms with van der Waals surface area (Å²) < 4.78 is 30.2. The fourth-order valence-corrected chi connectivity index (χ4v) is 1.06. The fraction of sp³-hybridized carbons (Fsp3) is 0.500. The van der Waals surface area contributed by atoms with Gasteiger partial charge in [-0.15, -0.1) is 0 Å². The second-order valence-electron chi connectivity index (χ2n) is 2.98. The molecule has 0 aromatic carbocycles. The minimum absolute atomic E-state index is 0.0220. The second-order valence-corrected chi connectivity index (χ2v) is 2.98. The minimum Gasteiger partial charge on any atom is -0.481 e. The molecule has 0 fully saturated rings. The number of aromatic nitrogens is 1. The highest BCUT2D eigenvalue weighted by Crippen LogP contribution is 2.30. The van der Waals surface area contributed by atoms with Crippen molar-refractivity contribution in [1.82, 2.24) is 4.98 Å². The lowest BCUT2D eigenvalue weighted by Gasteiger charge is -2.05. The summed E-state index contributed by atoms with van der Waals surface area (Å²) in [6, 6.07) is 0. The summed E-state index contributed by atoms with van der Waals surface area (Å²) in [6.07, 6.45) is -0.489. The first-order valence-corrected chi connectivity index (χ1v) is 3.87. The average molecular weight is 205 g/mol. The van der Waals surface area contributed by atoms with Crippen LogP contribution in [-0.4, -0.2) is 16.1 Å². The van der Waals surface area contributed by atoms with Gasteiger partial charge in [-0.3, -0.25) is 4.79 Å². The molecule has 4 nitrogen and oxygen atoms in total. The van der Waals surface area contributed by atoms with E-state index in [1.807, 2.05) is 0 Å². The van der Waals surface area contributed by atoms with Crippen LogP contribution < -0.4 is 0 Å². The molecular weight excluding hydrogens is 196 g/mol. The molecule has 0 saturated heterocycles. The van der Waals surface area contributed by atoms with E-state index in [9.17, 15) is 13.6 Å². The van der Waals surface area contributed by atoms with Gasteiger partial charge in [-0.05, 0) is 6.92 Å². The monoisotopic (exact) mass is 205 g/mol. The molecule has 0 aliphatic carbocycles. The zero-order valence-electron chi connectivity index (χ0n) is 7.67. The van der Waals surface area contributed by atoms with Crippen molar-refractivity contribution < 1.29 is 23.1 Å². The molecule has 0 aliphatic rings. The van der Waals surface area contributed by atoms with Crippen LogP contribution in [0.4, 0.5) is 8.78 Å². The molecule has 0 aliphatic heterocycles. The number of oxazole rings is 1. The van der Waals surface area contributed by atoms with Gasteiger partial charge in [0.15, 0.2) is 5.76 Å². The summed E-state index contributed by atoms with van der Waals surface area (Å²) in [5.41, 5.74) is 0.0220. The molecule has 6 heteroatoms. The smallest absolute Gasteiger partial charge is 0.312 e. The molecule has 1 aromatic heterocycles. The molecule has 0 amide bonds. The van der Waals surface area contributed by atoms with Crippen LogP contribution in [0.3, 0.4) is 0 Å². The Morgan fingerprint density at radius 3 is 2.57 bits per heavy atom. The number of carboxylic acids is 1. The average Bonchev–Trinajstić information content (AvgIpc) is 2.27. The number of carbonyl (C=O) groups is 1. The summed E-state index contributed by atoms with van der Waals surface area (Å²) in [6.45, 7) is 2.02. The van der Waals surface area contributed by atoms with E-state index in [1.54, 1.807) is 0 Å². The van der Waals surface area contributed by atoms with E-state index in [-0.39, 0.29) is 11.6 Å². The molecule has 0 radical (unpaired) electrons. The van der Waals surface area contributed by atoms with E-state index in [0.717, 1.165) is 0 Å². The molecule has 0 saturated carbocycles. The summed E-state index contributed by atoms with van der Waals surface area (Å²) in [5, 5.41) is 8.38. The highest BCUT2D eigenvalue weighted by atomic mass is 19.3. The Kier molecular flexibility index (Phi) is 2.55. The maximum atomic E-state index is 12.8. The Hall–Kier alpha value is -1.46. The molecule has 1 aromatic rings. The number of halogens is 2. The lowest BCUT2D eigenvalue weighted by Crippen LogP contribution is -2.07. The van der Waals surface area contributed by atoms with Gasteiger partial charge in [0.05, 0.1) is 5.69 Å². The number of rotatable bonds is 3. The molecular formula is C8H9F2NO3. The maximum Gasteiger partial charge on any atom is 0.312 e. The van der Waals surface area contributed by atoms with Crippen LogP contribution in [-0.2, 0) is 17.1 Å². The van der Waals surface area contributed by atoms with Gasteiger partial charge in [0.2, 0.25) is 5.89 Å². The maximum absolute atomic E-state index is 12.8. The van der Waals surface area contributed by atoms with Gasteiger partial charge < -0.3 is 9.52 Å². The van der Waals surface area contributed by atoms with Gasteiger partial charge >= 0.3 is 11.9 Å². The predicted octanol–water partition coefficient (Wildman–Crippen LogP) is 1.72. The van der Waals surface area contributed by atoms with Crippen LogP contribution >= 0.6 is 0 Å². The Morgan fingerprint density at radius 1 is 1.64 bits per heavy atom. The first-order valence-electron chi connectivity index (χ1n) is 3.87. The highest BCUT2D eigenvalue weighted by molar-refractivity contribution is 5.68. The Bertz CT molecular complexity index is 354. The molecule has 14 heavy (non-hydrogen) atoms. The van der Waals surface area contributed by atoms with Crippen LogP contribution in [0.1, 0.15) is 24.3 Å². The fourth-order valence-electron chi connectivity index (χ4n) is 1.06. The molecule has 78 valence electrons. The summed E-state index contributed by atoms with van der Waals surface area (Å²) in [4.78, 5) is 13.8. The summed E-state index contributed by atoms with van der Waals surface area (Å²) in [7, 11) is 0. The van der Waals surface area contributed by atoms with Crippen molar-refractivity contribution in [3.05, 3.63) is 17.3 Å².